The van der Waals surface area contributed by atoms with Gasteiger partial charge in [0.15, 0.2) is 0 Å². The molecule has 0 atom stereocenters. The fourth-order valence-corrected chi connectivity index (χ4v) is 3.18. The van der Waals surface area contributed by atoms with Crippen LogP contribution in [-0.4, -0.2) is 49.1 Å². The van der Waals surface area contributed by atoms with Crippen LogP contribution >= 0.6 is 0 Å². The van der Waals surface area contributed by atoms with Gasteiger partial charge in [-0.1, -0.05) is 35.9 Å². The van der Waals surface area contributed by atoms with Crippen molar-refractivity contribution in [3.05, 3.63) is 71.6 Å². The summed E-state index contributed by atoms with van der Waals surface area (Å²) in [7, 11) is 3.41. The van der Waals surface area contributed by atoms with E-state index in [2.05, 4.69) is 51.9 Å². The standard InChI is InChI=1S/C21H22N6O/c1-14-5-8-16(9-6-14)19-17(26-11-15(2)7-10-18(26)24-19)12-27-20(22-13-23-27)21(28)25(3)4/h5-11,13H,12H2,1-4H3. The van der Waals surface area contributed by atoms with Crippen LogP contribution in [0.5, 0.6) is 0 Å². The van der Waals surface area contributed by atoms with E-state index < -0.39 is 0 Å². The van der Waals surface area contributed by atoms with Crippen molar-refractivity contribution in [2.24, 2.45) is 0 Å². The van der Waals surface area contributed by atoms with Crippen LogP contribution in [0.3, 0.4) is 0 Å². The van der Waals surface area contributed by atoms with Crippen molar-refractivity contribution in [3.63, 3.8) is 0 Å². The lowest BCUT2D eigenvalue weighted by molar-refractivity contribution is 0.0810. The summed E-state index contributed by atoms with van der Waals surface area (Å²) < 4.78 is 3.70. The van der Waals surface area contributed by atoms with Gasteiger partial charge in [-0.2, -0.15) is 5.10 Å². The maximum Gasteiger partial charge on any atom is 0.290 e. The van der Waals surface area contributed by atoms with Crippen molar-refractivity contribution in [1.29, 1.82) is 0 Å². The van der Waals surface area contributed by atoms with Crippen LogP contribution in [0.1, 0.15) is 27.4 Å². The molecule has 0 saturated heterocycles. The number of benzene rings is 1. The van der Waals surface area contributed by atoms with E-state index in [4.69, 9.17) is 4.98 Å². The van der Waals surface area contributed by atoms with Gasteiger partial charge in [0.1, 0.15) is 12.0 Å². The topological polar surface area (TPSA) is 68.3 Å². The molecular formula is C21H22N6O. The monoisotopic (exact) mass is 374 g/mol. The summed E-state index contributed by atoms with van der Waals surface area (Å²) in [5.74, 6) is 0.127. The van der Waals surface area contributed by atoms with Crippen molar-refractivity contribution in [2.45, 2.75) is 20.4 Å². The van der Waals surface area contributed by atoms with Gasteiger partial charge in [-0.3, -0.25) is 4.79 Å². The zero-order chi connectivity index (χ0) is 19.8. The molecule has 0 spiro atoms. The number of rotatable bonds is 4. The van der Waals surface area contributed by atoms with Gasteiger partial charge in [-0.15, -0.1) is 0 Å². The molecule has 4 rings (SSSR count). The predicted octanol–water partition coefficient (Wildman–Crippen LogP) is 2.96. The Morgan fingerprint density at radius 2 is 1.75 bits per heavy atom. The van der Waals surface area contributed by atoms with Crippen LogP contribution in [-0.2, 0) is 6.54 Å². The molecule has 3 heterocycles. The van der Waals surface area contributed by atoms with Crippen molar-refractivity contribution >= 4 is 11.6 Å². The summed E-state index contributed by atoms with van der Waals surface area (Å²) in [5.41, 5.74) is 6.05. The Morgan fingerprint density at radius 3 is 2.46 bits per heavy atom. The largest absolute Gasteiger partial charge is 0.342 e. The summed E-state index contributed by atoms with van der Waals surface area (Å²) in [5, 5.41) is 4.29. The number of amides is 1. The van der Waals surface area contributed by atoms with Crippen LogP contribution in [0.25, 0.3) is 16.9 Å². The van der Waals surface area contributed by atoms with Gasteiger partial charge >= 0.3 is 0 Å². The molecule has 4 aromatic rings. The average molecular weight is 374 g/mol. The Morgan fingerprint density at radius 1 is 1.04 bits per heavy atom. The SMILES string of the molecule is Cc1ccc(-c2nc3ccc(C)cn3c2Cn2ncnc2C(=O)N(C)C)cc1. The number of nitrogens with zero attached hydrogens (tertiary/aromatic N) is 6. The molecule has 1 aromatic carbocycles. The zero-order valence-corrected chi connectivity index (χ0v) is 16.4. The first kappa shape index (κ1) is 17.9. The number of aryl methyl sites for hydroxylation is 2. The van der Waals surface area contributed by atoms with Crippen molar-refractivity contribution in [1.82, 2.24) is 29.0 Å². The Balaban J connectivity index is 1.87. The molecule has 28 heavy (non-hydrogen) atoms. The van der Waals surface area contributed by atoms with Crippen LogP contribution in [0.2, 0.25) is 0 Å². The van der Waals surface area contributed by atoms with E-state index in [-0.39, 0.29) is 5.91 Å². The summed E-state index contributed by atoms with van der Waals surface area (Å²) in [6.45, 7) is 4.50. The zero-order valence-electron chi connectivity index (χ0n) is 16.4. The van der Waals surface area contributed by atoms with Gasteiger partial charge in [0, 0.05) is 25.9 Å². The highest BCUT2D eigenvalue weighted by Gasteiger charge is 2.20. The van der Waals surface area contributed by atoms with Gasteiger partial charge in [-0.25, -0.2) is 14.6 Å². The van der Waals surface area contributed by atoms with Crippen LogP contribution in [0.4, 0.5) is 0 Å². The van der Waals surface area contributed by atoms with E-state index >= 15 is 0 Å². The number of pyridine rings is 1. The Kier molecular flexibility index (Phi) is 4.43. The highest BCUT2D eigenvalue weighted by molar-refractivity contribution is 5.90. The number of imidazole rings is 1. The Hall–Kier alpha value is -3.48. The number of carbonyl (C=O) groups is 1. The highest BCUT2D eigenvalue weighted by Crippen LogP contribution is 2.26. The second-order valence-electron chi connectivity index (χ2n) is 7.15. The third-order valence-corrected chi connectivity index (χ3v) is 4.70. The third kappa shape index (κ3) is 3.15. The minimum absolute atomic E-state index is 0.181. The summed E-state index contributed by atoms with van der Waals surface area (Å²) in [6.07, 6.45) is 3.47. The molecule has 7 nitrogen and oxygen atoms in total. The second kappa shape index (κ2) is 6.92. The van der Waals surface area contributed by atoms with Gasteiger partial charge < -0.3 is 9.30 Å². The van der Waals surface area contributed by atoms with Crippen LogP contribution in [0, 0.1) is 13.8 Å². The highest BCUT2D eigenvalue weighted by atomic mass is 16.2. The van der Waals surface area contributed by atoms with E-state index in [0.29, 0.717) is 12.4 Å². The molecule has 0 radical (unpaired) electrons. The number of hydrogen-bond donors (Lipinski definition) is 0. The number of fused-ring (bicyclic) bond motifs is 1. The van der Waals surface area contributed by atoms with Gasteiger partial charge in [0.25, 0.3) is 5.91 Å². The van der Waals surface area contributed by atoms with Gasteiger partial charge in [0.2, 0.25) is 5.82 Å². The van der Waals surface area contributed by atoms with Crippen molar-refractivity contribution < 1.29 is 4.79 Å². The summed E-state index contributed by atoms with van der Waals surface area (Å²) in [6, 6.07) is 12.3. The summed E-state index contributed by atoms with van der Waals surface area (Å²) in [4.78, 5) is 23.0. The fourth-order valence-electron chi connectivity index (χ4n) is 3.18. The Labute approximate surface area is 163 Å². The Bertz CT molecular complexity index is 1150. The molecule has 0 aliphatic heterocycles. The van der Waals surface area contributed by atoms with Gasteiger partial charge in [0.05, 0.1) is 17.9 Å². The first-order valence-corrected chi connectivity index (χ1v) is 9.08. The molecule has 0 bridgehead atoms. The lowest BCUT2D eigenvalue weighted by Gasteiger charge is -2.12. The third-order valence-electron chi connectivity index (χ3n) is 4.70. The fraction of sp³-hybridized carbons (Fsp3) is 0.238. The molecule has 1 amide bonds. The lowest BCUT2D eigenvalue weighted by Crippen LogP contribution is -2.26. The van der Waals surface area contributed by atoms with Crippen LogP contribution in [0.15, 0.2) is 48.9 Å². The molecule has 0 unspecified atom stereocenters. The van der Waals surface area contributed by atoms with Crippen molar-refractivity contribution in [2.75, 3.05) is 14.1 Å². The van der Waals surface area contributed by atoms with E-state index in [0.717, 1.165) is 28.2 Å². The minimum Gasteiger partial charge on any atom is -0.342 e. The minimum atomic E-state index is -0.181. The van der Waals surface area contributed by atoms with E-state index in [9.17, 15) is 4.79 Å². The molecule has 7 heteroatoms. The molecule has 142 valence electrons. The average Bonchev–Trinajstić information content (AvgIpc) is 3.27. The van der Waals surface area contributed by atoms with E-state index in [1.807, 2.05) is 19.1 Å². The van der Waals surface area contributed by atoms with E-state index in [1.54, 1.807) is 18.8 Å². The molecule has 0 aliphatic rings. The smallest absolute Gasteiger partial charge is 0.290 e. The maximum atomic E-state index is 12.4. The predicted molar refractivity (Wildman–Crippen MR) is 107 cm³/mol. The summed E-state index contributed by atoms with van der Waals surface area (Å²) >= 11 is 0. The molecule has 0 saturated carbocycles. The number of carbonyl (C=O) groups excluding carboxylic acids is 1. The lowest BCUT2D eigenvalue weighted by atomic mass is 10.1. The van der Waals surface area contributed by atoms with Crippen LogP contribution < -0.4 is 0 Å². The molecule has 0 fully saturated rings. The molecule has 3 aromatic heterocycles. The normalized spacial score (nSPS) is 11.1. The second-order valence-corrected chi connectivity index (χ2v) is 7.15. The number of hydrogen-bond acceptors (Lipinski definition) is 4. The van der Waals surface area contributed by atoms with Gasteiger partial charge in [-0.05, 0) is 25.5 Å². The molecule has 0 N–H and O–H groups in total. The first-order chi connectivity index (χ1) is 13.4. The quantitative estimate of drug-likeness (QED) is 0.551. The number of aromatic nitrogens is 5. The van der Waals surface area contributed by atoms with E-state index in [1.165, 1.54) is 16.8 Å². The molecule has 0 aliphatic carbocycles. The first-order valence-electron chi connectivity index (χ1n) is 9.08. The van der Waals surface area contributed by atoms with Crippen molar-refractivity contribution in [3.8, 4) is 11.3 Å². The molecular weight excluding hydrogens is 352 g/mol. The maximum absolute atomic E-state index is 12.4.